The van der Waals surface area contributed by atoms with Crippen LogP contribution in [0.4, 0.5) is 0 Å². The summed E-state index contributed by atoms with van der Waals surface area (Å²) < 4.78 is 1.98. The Hall–Kier alpha value is -2.08. The maximum absolute atomic E-state index is 5.99. The van der Waals surface area contributed by atoms with Crippen molar-refractivity contribution in [3.63, 3.8) is 0 Å². The molecule has 2 N–H and O–H groups in total. The fourth-order valence-corrected chi connectivity index (χ4v) is 2.32. The Labute approximate surface area is 142 Å². The minimum absolute atomic E-state index is 0.608. The van der Waals surface area contributed by atoms with E-state index in [4.69, 9.17) is 11.6 Å². The highest BCUT2D eigenvalue weighted by Gasteiger charge is 1.98. The molecule has 0 amide bonds. The number of aromatic nitrogens is 3. The third-order valence-corrected chi connectivity index (χ3v) is 3.49. The molecule has 0 fully saturated rings. The van der Waals surface area contributed by atoms with E-state index in [-0.39, 0.29) is 0 Å². The summed E-state index contributed by atoms with van der Waals surface area (Å²) in [4.78, 5) is 4.58. The quantitative estimate of drug-likeness (QED) is 0.442. The van der Waals surface area contributed by atoms with Crippen LogP contribution in [-0.4, -0.2) is 33.8 Å². The highest BCUT2D eigenvalue weighted by molar-refractivity contribution is 6.30. The summed E-state index contributed by atoms with van der Waals surface area (Å²) in [5.41, 5.74) is 1.10. The second-order valence-corrected chi connectivity index (χ2v) is 5.60. The van der Waals surface area contributed by atoms with Gasteiger partial charge >= 0.3 is 0 Å². The van der Waals surface area contributed by atoms with E-state index in [1.807, 2.05) is 28.8 Å². The van der Waals surface area contributed by atoms with E-state index in [0.717, 1.165) is 49.0 Å². The average molecular weight is 335 g/mol. The number of aryl methyl sites for hydroxylation is 1. The van der Waals surface area contributed by atoms with Crippen molar-refractivity contribution in [1.82, 2.24) is 25.4 Å². The molecule has 0 spiro atoms. The molecule has 0 saturated carbocycles. The molecule has 23 heavy (non-hydrogen) atoms. The molecule has 0 aliphatic carbocycles. The Balaban J connectivity index is 1.73. The Kier molecular flexibility index (Phi) is 7.39. The van der Waals surface area contributed by atoms with Crippen LogP contribution in [0.15, 0.2) is 41.9 Å². The molecular weight excluding hydrogens is 312 g/mol. The van der Waals surface area contributed by atoms with Crippen LogP contribution in [-0.2, 0) is 13.1 Å². The van der Waals surface area contributed by atoms with Crippen molar-refractivity contribution in [1.29, 1.82) is 0 Å². The summed E-state index contributed by atoms with van der Waals surface area (Å²) in [5.74, 6) is 0.830. The zero-order valence-electron chi connectivity index (χ0n) is 13.4. The van der Waals surface area contributed by atoms with Gasteiger partial charge in [0, 0.05) is 24.7 Å². The lowest BCUT2D eigenvalue weighted by atomic mass is 10.2. The van der Waals surface area contributed by atoms with Crippen LogP contribution < -0.4 is 10.6 Å². The number of nitrogens with one attached hydrogen (secondary N) is 2. The number of rotatable bonds is 8. The molecule has 1 aromatic heterocycles. The molecule has 0 atom stereocenters. The van der Waals surface area contributed by atoms with Crippen LogP contribution >= 0.6 is 11.6 Å². The number of hydrogen-bond donors (Lipinski definition) is 2. The fourth-order valence-electron chi connectivity index (χ4n) is 2.11. The van der Waals surface area contributed by atoms with Gasteiger partial charge in [-0.2, -0.15) is 0 Å². The Morgan fingerprint density at radius 2 is 2.04 bits per heavy atom. The molecule has 0 aliphatic rings. The first-order chi connectivity index (χ1) is 11.3. The van der Waals surface area contributed by atoms with Gasteiger partial charge in [-0.25, -0.2) is 4.99 Å². The monoisotopic (exact) mass is 334 g/mol. The summed E-state index contributed by atoms with van der Waals surface area (Å²) in [5, 5.41) is 14.9. The standard InChI is InChI=1S/C16H23ClN6/c1-2-18-16(20-11-14-6-5-7-15(17)10-14)19-8-3-4-9-23-12-21-22-13-23/h5-7,10,12-13H,2-4,8-9,11H2,1H3,(H2,18,19,20). The van der Waals surface area contributed by atoms with Gasteiger partial charge in [-0.15, -0.1) is 10.2 Å². The van der Waals surface area contributed by atoms with E-state index in [1.54, 1.807) is 12.7 Å². The molecule has 7 heteroatoms. The molecule has 6 nitrogen and oxygen atoms in total. The number of guanidine groups is 1. The van der Waals surface area contributed by atoms with E-state index in [9.17, 15) is 0 Å². The Morgan fingerprint density at radius 1 is 1.22 bits per heavy atom. The summed E-state index contributed by atoms with van der Waals surface area (Å²) in [6.07, 6.45) is 5.60. The average Bonchev–Trinajstić information content (AvgIpc) is 3.05. The van der Waals surface area contributed by atoms with E-state index in [2.05, 4.69) is 32.7 Å². The molecule has 2 rings (SSSR count). The van der Waals surface area contributed by atoms with Crippen molar-refractivity contribution in [2.45, 2.75) is 32.9 Å². The Morgan fingerprint density at radius 3 is 2.78 bits per heavy atom. The van der Waals surface area contributed by atoms with Gasteiger partial charge in [0.15, 0.2) is 5.96 Å². The lowest BCUT2D eigenvalue weighted by molar-refractivity contribution is 0.598. The van der Waals surface area contributed by atoms with Gasteiger partial charge in [-0.05, 0) is 37.5 Å². The first-order valence-electron chi connectivity index (χ1n) is 7.87. The van der Waals surface area contributed by atoms with Crippen LogP contribution in [0.1, 0.15) is 25.3 Å². The Bertz CT molecular complexity index is 596. The molecule has 1 heterocycles. The first kappa shape index (κ1) is 17.3. The summed E-state index contributed by atoms with van der Waals surface area (Å²) in [6.45, 7) is 5.32. The van der Waals surface area contributed by atoms with E-state index in [0.29, 0.717) is 6.54 Å². The highest BCUT2D eigenvalue weighted by atomic mass is 35.5. The van der Waals surface area contributed by atoms with E-state index >= 15 is 0 Å². The van der Waals surface area contributed by atoms with Crippen molar-refractivity contribution in [2.75, 3.05) is 13.1 Å². The number of nitrogens with zero attached hydrogens (tertiary/aromatic N) is 4. The van der Waals surface area contributed by atoms with Gasteiger partial charge in [0.05, 0.1) is 6.54 Å². The maximum Gasteiger partial charge on any atom is 0.191 e. The van der Waals surface area contributed by atoms with Gasteiger partial charge in [-0.3, -0.25) is 0 Å². The maximum atomic E-state index is 5.99. The summed E-state index contributed by atoms with van der Waals surface area (Å²) in [7, 11) is 0. The molecule has 0 saturated heterocycles. The molecule has 0 bridgehead atoms. The largest absolute Gasteiger partial charge is 0.357 e. The lowest BCUT2D eigenvalue weighted by Crippen LogP contribution is -2.37. The van der Waals surface area contributed by atoms with Gasteiger partial charge in [0.25, 0.3) is 0 Å². The SMILES string of the molecule is CCNC(=NCc1cccc(Cl)c1)NCCCCn1cnnc1. The second-order valence-electron chi connectivity index (χ2n) is 5.16. The minimum Gasteiger partial charge on any atom is -0.357 e. The van der Waals surface area contributed by atoms with Crippen LogP contribution in [0, 0.1) is 0 Å². The molecule has 0 radical (unpaired) electrons. The third-order valence-electron chi connectivity index (χ3n) is 3.26. The van der Waals surface area contributed by atoms with Crippen LogP contribution in [0.3, 0.4) is 0 Å². The van der Waals surface area contributed by atoms with Crippen LogP contribution in [0.25, 0.3) is 0 Å². The highest BCUT2D eigenvalue weighted by Crippen LogP contribution is 2.11. The van der Waals surface area contributed by atoms with Gasteiger partial charge in [0.1, 0.15) is 12.7 Å². The van der Waals surface area contributed by atoms with Crippen molar-refractivity contribution in [2.24, 2.45) is 4.99 Å². The van der Waals surface area contributed by atoms with Gasteiger partial charge in [0.2, 0.25) is 0 Å². The van der Waals surface area contributed by atoms with Gasteiger partial charge < -0.3 is 15.2 Å². The molecule has 0 unspecified atom stereocenters. The summed E-state index contributed by atoms with van der Waals surface area (Å²) in [6, 6.07) is 7.78. The molecule has 1 aromatic carbocycles. The normalized spacial score (nSPS) is 11.5. The van der Waals surface area contributed by atoms with E-state index < -0.39 is 0 Å². The number of unbranched alkanes of at least 4 members (excludes halogenated alkanes) is 1. The number of hydrogen-bond acceptors (Lipinski definition) is 3. The van der Waals surface area contributed by atoms with Crippen molar-refractivity contribution in [3.05, 3.63) is 47.5 Å². The van der Waals surface area contributed by atoms with Crippen molar-refractivity contribution in [3.8, 4) is 0 Å². The zero-order chi connectivity index (χ0) is 16.3. The smallest absolute Gasteiger partial charge is 0.191 e. The predicted molar refractivity (Wildman–Crippen MR) is 93.5 cm³/mol. The predicted octanol–water partition coefficient (Wildman–Crippen LogP) is 2.47. The second kappa shape index (κ2) is 9.84. The molecule has 0 aliphatic heterocycles. The molecule has 124 valence electrons. The summed E-state index contributed by atoms with van der Waals surface area (Å²) >= 11 is 5.99. The first-order valence-corrected chi connectivity index (χ1v) is 8.24. The van der Waals surface area contributed by atoms with Crippen molar-refractivity contribution >= 4 is 17.6 Å². The zero-order valence-corrected chi connectivity index (χ0v) is 14.1. The van der Waals surface area contributed by atoms with Crippen molar-refractivity contribution < 1.29 is 0 Å². The topological polar surface area (TPSA) is 67.1 Å². The van der Waals surface area contributed by atoms with Crippen LogP contribution in [0.2, 0.25) is 5.02 Å². The fraction of sp³-hybridized carbons (Fsp3) is 0.438. The molecular formula is C16H23ClN6. The molecule has 2 aromatic rings. The lowest BCUT2D eigenvalue weighted by Gasteiger charge is -2.11. The minimum atomic E-state index is 0.608. The number of halogens is 1. The van der Waals surface area contributed by atoms with E-state index in [1.165, 1.54) is 0 Å². The van der Waals surface area contributed by atoms with Gasteiger partial charge in [-0.1, -0.05) is 23.7 Å². The number of aliphatic imine (C=N–C) groups is 1. The van der Waals surface area contributed by atoms with Crippen LogP contribution in [0.5, 0.6) is 0 Å². The number of benzene rings is 1. The third kappa shape index (κ3) is 6.69.